The molecule has 1 aromatic carbocycles. The zero-order valence-corrected chi connectivity index (χ0v) is 9.11. The van der Waals surface area contributed by atoms with E-state index in [0.717, 1.165) is 5.56 Å². The molecule has 0 heterocycles. The monoisotopic (exact) mass is 223 g/mol. The number of methoxy groups -OCH3 is 1. The molecule has 0 bridgehead atoms. The highest BCUT2D eigenvalue weighted by molar-refractivity contribution is 5.96. The van der Waals surface area contributed by atoms with Crippen molar-refractivity contribution in [3.8, 4) is 5.75 Å². The van der Waals surface area contributed by atoms with Crippen molar-refractivity contribution < 1.29 is 19.4 Å². The van der Waals surface area contributed by atoms with Crippen LogP contribution in [0.15, 0.2) is 18.2 Å². The fourth-order valence-corrected chi connectivity index (χ4v) is 1.28. The van der Waals surface area contributed by atoms with Crippen LogP contribution < -0.4 is 10.1 Å². The van der Waals surface area contributed by atoms with E-state index in [4.69, 9.17) is 9.84 Å². The SMILES string of the molecule is COc1ccc(C(=O)NCC(=O)O)cc1C. The summed E-state index contributed by atoms with van der Waals surface area (Å²) in [7, 11) is 1.55. The molecule has 0 radical (unpaired) electrons. The lowest BCUT2D eigenvalue weighted by Crippen LogP contribution is -2.29. The summed E-state index contributed by atoms with van der Waals surface area (Å²) >= 11 is 0. The van der Waals surface area contributed by atoms with E-state index >= 15 is 0 Å². The lowest BCUT2D eigenvalue weighted by atomic mass is 10.1. The summed E-state index contributed by atoms with van der Waals surface area (Å²) in [5.74, 6) is -0.790. The number of carbonyl (C=O) groups is 2. The molecule has 5 nitrogen and oxygen atoms in total. The first kappa shape index (κ1) is 12.0. The van der Waals surface area contributed by atoms with Crippen LogP contribution in [0.4, 0.5) is 0 Å². The normalized spacial score (nSPS) is 9.62. The van der Waals surface area contributed by atoms with E-state index in [9.17, 15) is 9.59 Å². The smallest absolute Gasteiger partial charge is 0.322 e. The van der Waals surface area contributed by atoms with Crippen molar-refractivity contribution in [3.05, 3.63) is 29.3 Å². The van der Waals surface area contributed by atoms with Gasteiger partial charge in [-0.1, -0.05) is 0 Å². The van der Waals surface area contributed by atoms with Crippen molar-refractivity contribution in [3.63, 3.8) is 0 Å². The number of aryl methyl sites for hydroxylation is 1. The Bertz CT molecular complexity index is 414. The third-order valence-electron chi connectivity index (χ3n) is 2.06. The Morgan fingerprint density at radius 3 is 2.62 bits per heavy atom. The summed E-state index contributed by atoms with van der Waals surface area (Å²) < 4.78 is 5.05. The Hall–Kier alpha value is -2.04. The summed E-state index contributed by atoms with van der Waals surface area (Å²) in [4.78, 5) is 21.8. The third kappa shape index (κ3) is 2.98. The summed E-state index contributed by atoms with van der Waals surface area (Å²) in [6.45, 7) is 1.43. The number of hydrogen-bond donors (Lipinski definition) is 2. The first-order valence-electron chi connectivity index (χ1n) is 4.69. The Labute approximate surface area is 93.0 Å². The molecule has 16 heavy (non-hydrogen) atoms. The number of amides is 1. The molecular weight excluding hydrogens is 210 g/mol. The van der Waals surface area contributed by atoms with E-state index in [1.165, 1.54) is 0 Å². The van der Waals surface area contributed by atoms with Gasteiger partial charge in [0.05, 0.1) is 7.11 Å². The quantitative estimate of drug-likeness (QED) is 0.792. The fourth-order valence-electron chi connectivity index (χ4n) is 1.28. The van der Waals surface area contributed by atoms with Gasteiger partial charge in [0.25, 0.3) is 5.91 Å². The predicted molar refractivity (Wildman–Crippen MR) is 57.7 cm³/mol. The molecule has 2 N–H and O–H groups in total. The number of ether oxygens (including phenoxy) is 1. The number of rotatable bonds is 4. The number of aliphatic carboxylic acids is 1. The van der Waals surface area contributed by atoms with Crippen LogP contribution in [0.3, 0.4) is 0 Å². The lowest BCUT2D eigenvalue weighted by molar-refractivity contribution is -0.135. The zero-order chi connectivity index (χ0) is 12.1. The average Bonchev–Trinajstić information content (AvgIpc) is 2.25. The van der Waals surface area contributed by atoms with Gasteiger partial charge in [-0.05, 0) is 30.7 Å². The number of nitrogens with one attached hydrogen (secondary N) is 1. The second-order valence-electron chi connectivity index (χ2n) is 3.26. The van der Waals surface area contributed by atoms with Crippen LogP contribution >= 0.6 is 0 Å². The molecule has 0 aliphatic carbocycles. The third-order valence-corrected chi connectivity index (χ3v) is 2.06. The summed E-state index contributed by atoms with van der Waals surface area (Å²) in [5.41, 5.74) is 1.24. The molecule has 0 aliphatic heterocycles. The van der Waals surface area contributed by atoms with Gasteiger partial charge in [-0.3, -0.25) is 9.59 Å². The molecular formula is C11H13NO4. The second kappa shape index (κ2) is 5.16. The maximum absolute atomic E-state index is 11.5. The summed E-state index contributed by atoms with van der Waals surface area (Å²) in [6, 6.07) is 4.91. The fraction of sp³-hybridized carbons (Fsp3) is 0.273. The minimum absolute atomic E-state index is 0.385. The summed E-state index contributed by atoms with van der Waals surface area (Å²) in [6.07, 6.45) is 0. The number of hydrogen-bond acceptors (Lipinski definition) is 3. The van der Waals surface area contributed by atoms with Crippen LogP contribution in [0.1, 0.15) is 15.9 Å². The van der Waals surface area contributed by atoms with Crippen LogP contribution in [-0.2, 0) is 4.79 Å². The molecule has 1 rings (SSSR count). The molecule has 0 saturated heterocycles. The standard InChI is InChI=1S/C11H13NO4/c1-7-5-8(3-4-9(7)16-2)11(15)12-6-10(13)14/h3-5H,6H2,1-2H3,(H,12,15)(H,13,14). The molecule has 0 atom stereocenters. The molecule has 0 aliphatic rings. The molecule has 0 unspecified atom stereocenters. The molecule has 0 spiro atoms. The number of benzene rings is 1. The number of carboxylic acid groups (broad SMARTS) is 1. The van der Waals surface area contributed by atoms with Crippen LogP contribution in [0.25, 0.3) is 0 Å². The van der Waals surface area contributed by atoms with Crippen molar-refractivity contribution in [2.45, 2.75) is 6.92 Å². The first-order chi connectivity index (χ1) is 7.54. The van der Waals surface area contributed by atoms with Gasteiger partial charge in [0.15, 0.2) is 0 Å². The minimum Gasteiger partial charge on any atom is -0.496 e. The van der Waals surface area contributed by atoms with Crippen LogP contribution in [-0.4, -0.2) is 30.6 Å². The minimum atomic E-state index is -1.07. The van der Waals surface area contributed by atoms with Gasteiger partial charge in [-0.25, -0.2) is 0 Å². The molecule has 5 heteroatoms. The van der Waals surface area contributed by atoms with Crippen LogP contribution in [0, 0.1) is 6.92 Å². The molecule has 0 fully saturated rings. The Kier molecular flexibility index (Phi) is 3.88. The number of carbonyl (C=O) groups excluding carboxylic acids is 1. The summed E-state index contributed by atoms with van der Waals surface area (Å²) in [5, 5.41) is 10.7. The molecule has 0 aromatic heterocycles. The van der Waals surface area contributed by atoms with Gasteiger partial charge < -0.3 is 15.2 Å². The van der Waals surface area contributed by atoms with Gasteiger partial charge in [0.2, 0.25) is 0 Å². The van der Waals surface area contributed by atoms with E-state index < -0.39 is 11.9 Å². The van der Waals surface area contributed by atoms with Gasteiger partial charge in [-0.2, -0.15) is 0 Å². The van der Waals surface area contributed by atoms with Gasteiger partial charge in [0, 0.05) is 5.56 Å². The topological polar surface area (TPSA) is 75.6 Å². The molecule has 1 aromatic rings. The Morgan fingerprint density at radius 1 is 1.44 bits per heavy atom. The Balaban J connectivity index is 2.77. The molecule has 86 valence electrons. The largest absolute Gasteiger partial charge is 0.496 e. The predicted octanol–water partition coefficient (Wildman–Crippen LogP) is 0.818. The second-order valence-corrected chi connectivity index (χ2v) is 3.26. The van der Waals surface area contributed by atoms with Crippen molar-refractivity contribution >= 4 is 11.9 Å². The van der Waals surface area contributed by atoms with E-state index in [1.54, 1.807) is 25.3 Å². The van der Waals surface area contributed by atoms with E-state index in [1.807, 2.05) is 6.92 Å². The van der Waals surface area contributed by atoms with E-state index in [-0.39, 0.29) is 6.54 Å². The van der Waals surface area contributed by atoms with Crippen LogP contribution in [0.2, 0.25) is 0 Å². The van der Waals surface area contributed by atoms with Crippen molar-refractivity contribution in [2.24, 2.45) is 0 Å². The highest BCUT2D eigenvalue weighted by Crippen LogP contribution is 2.18. The van der Waals surface area contributed by atoms with Crippen molar-refractivity contribution in [2.75, 3.05) is 13.7 Å². The molecule has 0 saturated carbocycles. The van der Waals surface area contributed by atoms with E-state index in [2.05, 4.69) is 5.32 Å². The average molecular weight is 223 g/mol. The lowest BCUT2D eigenvalue weighted by Gasteiger charge is -2.07. The zero-order valence-electron chi connectivity index (χ0n) is 9.11. The highest BCUT2D eigenvalue weighted by atomic mass is 16.5. The maximum Gasteiger partial charge on any atom is 0.322 e. The Morgan fingerprint density at radius 2 is 2.12 bits per heavy atom. The van der Waals surface area contributed by atoms with Gasteiger partial charge >= 0.3 is 5.97 Å². The molecule has 1 amide bonds. The van der Waals surface area contributed by atoms with E-state index in [0.29, 0.717) is 11.3 Å². The maximum atomic E-state index is 11.5. The highest BCUT2D eigenvalue weighted by Gasteiger charge is 2.08. The van der Waals surface area contributed by atoms with Crippen molar-refractivity contribution in [1.29, 1.82) is 0 Å². The van der Waals surface area contributed by atoms with Crippen molar-refractivity contribution in [1.82, 2.24) is 5.32 Å². The van der Waals surface area contributed by atoms with Gasteiger partial charge in [0.1, 0.15) is 12.3 Å². The van der Waals surface area contributed by atoms with Crippen LogP contribution in [0.5, 0.6) is 5.75 Å². The van der Waals surface area contributed by atoms with Gasteiger partial charge in [-0.15, -0.1) is 0 Å². The number of carboxylic acids is 1. The first-order valence-corrected chi connectivity index (χ1v) is 4.69.